The molecule has 0 spiro atoms. The number of aryl methyl sites for hydroxylation is 1. The molecule has 3 aromatic carbocycles. The summed E-state index contributed by atoms with van der Waals surface area (Å²) in [6.07, 6.45) is 0. The number of ether oxygens (including phenoxy) is 2. The van der Waals surface area contributed by atoms with Gasteiger partial charge >= 0.3 is 0 Å². The zero-order chi connectivity index (χ0) is 23.1. The summed E-state index contributed by atoms with van der Waals surface area (Å²) in [5.41, 5.74) is 2.27. The summed E-state index contributed by atoms with van der Waals surface area (Å²) < 4.78 is 37.3. The number of hydrogen-bond acceptors (Lipinski definition) is 6. The van der Waals surface area contributed by atoms with Gasteiger partial charge in [-0.05, 0) is 24.6 Å². The standard InChI is InChI=1S/C24H26N2O5S/c1-17-9-11-20(12-10-17)32(28,29)22-14-19(30-2)13-21(24(22)31-3)25-16-23(27)26-15-18-7-5-4-6-8-18/h4-14,25H,15-16H2,1-3H3,(H,26,27). The van der Waals surface area contributed by atoms with Crippen LogP contribution in [0.25, 0.3) is 0 Å². The molecule has 1 amide bonds. The number of rotatable bonds is 9. The first-order chi connectivity index (χ1) is 15.3. The van der Waals surface area contributed by atoms with E-state index in [2.05, 4.69) is 10.6 Å². The SMILES string of the molecule is COc1cc(NCC(=O)NCc2ccccc2)c(OC)c(S(=O)(=O)c2ccc(C)cc2)c1. The summed E-state index contributed by atoms with van der Waals surface area (Å²) in [4.78, 5) is 12.4. The molecule has 2 N–H and O–H groups in total. The molecule has 0 heterocycles. The minimum Gasteiger partial charge on any atom is -0.497 e. The van der Waals surface area contributed by atoms with Crippen LogP contribution in [-0.4, -0.2) is 35.1 Å². The number of amides is 1. The van der Waals surface area contributed by atoms with Crippen LogP contribution in [0.15, 0.2) is 76.5 Å². The first kappa shape index (κ1) is 23.1. The summed E-state index contributed by atoms with van der Waals surface area (Å²) in [7, 11) is -1.05. The molecule has 0 aliphatic heterocycles. The fourth-order valence-corrected chi connectivity index (χ4v) is 4.57. The fraction of sp³-hybridized carbons (Fsp3) is 0.208. The van der Waals surface area contributed by atoms with Crippen LogP contribution in [0.1, 0.15) is 11.1 Å². The monoisotopic (exact) mass is 454 g/mol. The number of nitrogens with one attached hydrogen (secondary N) is 2. The van der Waals surface area contributed by atoms with Crippen LogP contribution in [0, 0.1) is 6.92 Å². The number of benzene rings is 3. The number of methoxy groups -OCH3 is 2. The van der Waals surface area contributed by atoms with Gasteiger partial charge in [-0.2, -0.15) is 0 Å². The summed E-state index contributed by atoms with van der Waals surface area (Å²) >= 11 is 0. The first-order valence-corrected chi connectivity index (χ1v) is 11.5. The van der Waals surface area contributed by atoms with Crippen LogP contribution in [0.2, 0.25) is 0 Å². The van der Waals surface area contributed by atoms with Crippen LogP contribution >= 0.6 is 0 Å². The molecule has 7 nitrogen and oxygen atoms in total. The molecule has 3 aromatic rings. The van der Waals surface area contributed by atoms with Gasteiger partial charge < -0.3 is 20.1 Å². The third-order valence-electron chi connectivity index (χ3n) is 4.86. The summed E-state index contributed by atoms with van der Waals surface area (Å²) in [6.45, 7) is 2.21. The van der Waals surface area contributed by atoms with E-state index < -0.39 is 9.84 Å². The Morgan fingerprint density at radius 2 is 1.62 bits per heavy atom. The van der Waals surface area contributed by atoms with Crippen LogP contribution in [0.5, 0.6) is 11.5 Å². The van der Waals surface area contributed by atoms with Crippen molar-refractivity contribution in [3.8, 4) is 11.5 Å². The van der Waals surface area contributed by atoms with Crippen LogP contribution in [0.3, 0.4) is 0 Å². The molecule has 0 atom stereocenters. The van der Waals surface area contributed by atoms with Crippen LogP contribution in [-0.2, 0) is 21.2 Å². The quantitative estimate of drug-likeness (QED) is 0.513. The fourth-order valence-electron chi connectivity index (χ4n) is 3.12. The average molecular weight is 455 g/mol. The molecule has 0 bridgehead atoms. The molecule has 0 aliphatic rings. The molecule has 0 aromatic heterocycles. The summed E-state index contributed by atoms with van der Waals surface area (Å²) in [6, 6.07) is 19.1. The maximum absolute atomic E-state index is 13.3. The van der Waals surface area contributed by atoms with Crippen molar-refractivity contribution in [2.45, 2.75) is 23.3 Å². The Hall–Kier alpha value is -3.52. The van der Waals surface area contributed by atoms with Crippen molar-refractivity contribution in [3.63, 3.8) is 0 Å². The number of carbonyl (C=O) groups is 1. The Labute approximate surface area is 188 Å². The zero-order valence-corrected chi connectivity index (χ0v) is 19.0. The topological polar surface area (TPSA) is 93.7 Å². The van der Waals surface area contributed by atoms with E-state index in [4.69, 9.17) is 9.47 Å². The van der Waals surface area contributed by atoms with Gasteiger partial charge in [0.1, 0.15) is 10.6 Å². The second kappa shape index (κ2) is 10.2. The lowest BCUT2D eigenvalue weighted by atomic mass is 10.2. The van der Waals surface area contributed by atoms with Crippen molar-refractivity contribution >= 4 is 21.4 Å². The highest BCUT2D eigenvalue weighted by molar-refractivity contribution is 7.91. The summed E-state index contributed by atoms with van der Waals surface area (Å²) in [5, 5.41) is 5.79. The van der Waals surface area contributed by atoms with E-state index in [-0.39, 0.29) is 28.0 Å². The first-order valence-electron chi connectivity index (χ1n) is 9.97. The van der Waals surface area contributed by atoms with E-state index in [1.165, 1.54) is 20.3 Å². The highest BCUT2D eigenvalue weighted by Crippen LogP contribution is 2.39. The normalized spacial score (nSPS) is 11.0. The van der Waals surface area contributed by atoms with E-state index >= 15 is 0 Å². The molecule has 0 saturated heterocycles. The van der Waals surface area contributed by atoms with Gasteiger partial charge in [-0.15, -0.1) is 0 Å². The molecule has 3 rings (SSSR count). The Balaban J connectivity index is 1.85. The molecule has 8 heteroatoms. The lowest BCUT2D eigenvalue weighted by molar-refractivity contribution is -0.119. The molecular weight excluding hydrogens is 428 g/mol. The van der Waals surface area contributed by atoms with Gasteiger partial charge in [0.05, 0.1) is 31.3 Å². The number of sulfone groups is 1. The second-order valence-corrected chi connectivity index (χ2v) is 9.06. The van der Waals surface area contributed by atoms with E-state index in [0.717, 1.165) is 11.1 Å². The van der Waals surface area contributed by atoms with Gasteiger partial charge in [0.15, 0.2) is 5.75 Å². The van der Waals surface area contributed by atoms with Crippen molar-refractivity contribution in [2.24, 2.45) is 0 Å². The van der Waals surface area contributed by atoms with Gasteiger partial charge in [-0.25, -0.2) is 8.42 Å². The van der Waals surface area contributed by atoms with Crippen molar-refractivity contribution in [1.29, 1.82) is 0 Å². The molecule has 168 valence electrons. The smallest absolute Gasteiger partial charge is 0.239 e. The Morgan fingerprint density at radius 1 is 0.938 bits per heavy atom. The Bertz CT molecular complexity index is 1180. The Kier molecular flexibility index (Phi) is 7.37. The van der Waals surface area contributed by atoms with E-state index in [9.17, 15) is 13.2 Å². The van der Waals surface area contributed by atoms with Crippen molar-refractivity contribution in [3.05, 3.63) is 77.9 Å². The van der Waals surface area contributed by atoms with Crippen molar-refractivity contribution in [2.75, 3.05) is 26.1 Å². The van der Waals surface area contributed by atoms with E-state index in [1.807, 2.05) is 37.3 Å². The van der Waals surface area contributed by atoms with Crippen molar-refractivity contribution in [1.82, 2.24) is 5.32 Å². The third kappa shape index (κ3) is 5.39. The van der Waals surface area contributed by atoms with E-state index in [0.29, 0.717) is 18.0 Å². The van der Waals surface area contributed by atoms with Gasteiger partial charge in [0.2, 0.25) is 15.7 Å². The lowest BCUT2D eigenvalue weighted by Gasteiger charge is -2.17. The molecular formula is C24H26N2O5S. The molecule has 0 radical (unpaired) electrons. The summed E-state index contributed by atoms with van der Waals surface area (Å²) in [5.74, 6) is 0.188. The molecule has 0 fully saturated rings. The predicted molar refractivity (Wildman–Crippen MR) is 123 cm³/mol. The highest BCUT2D eigenvalue weighted by Gasteiger charge is 2.26. The predicted octanol–water partition coefficient (Wildman–Crippen LogP) is 3.57. The minimum absolute atomic E-state index is 0.0459. The molecule has 32 heavy (non-hydrogen) atoms. The molecule has 0 aliphatic carbocycles. The van der Waals surface area contributed by atoms with E-state index in [1.54, 1.807) is 30.3 Å². The maximum Gasteiger partial charge on any atom is 0.239 e. The average Bonchev–Trinajstić information content (AvgIpc) is 2.81. The number of carbonyl (C=O) groups excluding carboxylic acids is 1. The van der Waals surface area contributed by atoms with Gasteiger partial charge in [0.25, 0.3) is 0 Å². The lowest BCUT2D eigenvalue weighted by Crippen LogP contribution is -2.29. The zero-order valence-electron chi connectivity index (χ0n) is 18.2. The van der Waals surface area contributed by atoms with Gasteiger partial charge in [-0.1, -0.05) is 48.0 Å². The molecule has 0 saturated carbocycles. The highest BCUT2D eigenvalue weighted by atomic mass is 32.2. The van der Waals surface area contributed by atoms with Crippen molar-refractivity contribution < 1.29 is 22.7 Å². The van der Waals surface area contributed by atoms with Gasteiger partial charge in [-0.3, -0.25) is 4.79 Å². The van der Waals surface area contributed by atoms with Crippen LogP contribution in [0.4, 0.5) is 5.69 Å². The molecule has 0 unspecified atom stereocenters. The number of anilines is 1. The number of hydrogen-bond donors (Lipinski definition) is 2. The third-order valence-corrected chi connectivity index (χ3v) is 6.64. The second-order valence-electron chi connectivity index (χ2n) is 7.14. The van der Waals surface area contributed by atoms with Crippen LogP contribution < -0.4 is 20.1 Å². The largest absolute Gasteiger partial charge is 0.497 e. The maximum atomic E-state index is 13.3. The van der Waals surface area contributed by atoms with Gasteiger partial charge in [0, 0.05) is 18.7 Å². The Morgan fingerprint density at radius 3 is 2.25 bits per heavy atom. The minimum atomic E-state index is -3.88.